The quantitative estimate of drug-likeness (QED) is 0.0894. The summed E-state index contributed by atoms with van der Waals surface area (Å²) >= 11 is 20.0. The first-order valence-corrected chi connectivity index (χ1v) is 29.5. The van der Waals surface area contributed by atoms with Crippen LogP contribution in [0.4, 0.5) is 0 Å². The minimum absolute atomic E-state index is 0.194. The number of halogens is 5. The highest BCUT2D eigenvalue weighted by molar-refractivity contribution is 9.10. The summed E-state index contributed by atoms with van der Waals surface area (Å²) < 4.78 is 14.4. The molecule has 0 saturated heterocycles. The van der Waals surface area contributed by atoms with Crippen molar-refractivity contribution in [1.29, 1.82) is 0 Å². The van der Waals surface area contributed by atoms with Gasteiger partial charge in [-0.3, -0.25) is 0 Å². The number of aryl methyl sites for hydroxylation is 1. The molecule has 0 bridgehead atoms. The molecule has 6 nitrogen and oxygen atoms in total. The maximum Gasteiger partial charge on any atom is 0.488 e. The highest BCUT2D eigenvalue weighted by Crippen LogP contribution is 2.36. The van der Waals surface area contributed by atoms with E-state index in [0.717, 1.165) is 101 Å². The maximum atomic E-state index is 9.56. The molecular formula is C62H68BBr3Cl2O6. The van der Waals surface area contributed by atoms with Gasteiger partial charge in [0, 0.05) is 14.3 Å². The molecule has 7 aromatic rings. The summed E-state index contributed by atoms with van der Waals surface area (Å²) in [5.41, 5.74) is 14.3. The highest BCUT2D eigenvalue weighted by atomic mass is 79.9. The lowest BCUT2D eigenvalue weighted by Crippen LogP contribution is -2.35. The Labute approximate surface area is 475 Å². The number of alkyl halides is 3. The molecule has 7 aromatic carbocycles. The van der Waals surface area contributed by atoms with Gasteiger partial charge in [-0.1, -0.05) is 157 Å². The Morgan fingerprint density at radius 1 is 0.405 bits per heavy atom. The van der Waals surface area contributed by atoms with Crippen molar-refractivity contribution in [3.8, 4) is 23.0 Å². The molecule has 74 heavy (non-hydrogen) atoms. The molecule has 0 unspecified atom stereocenters. The van der Waals surface area contributed by atoms with Crippen LogP contribution in [0.15, 0.2) is 155 Å². The number of rotatable bonds is 8. The Morgan fingerprint density at radius 3 is 1.27 bits per heavy atom. The van der Waals surface area contributed by atoms with Crippen LogP contribution in [-0.4, -0.2) is 32.7 Å². The van der Waals surface area contributed by atoms with E-state index >= 15 is 0 Å². The molecule has 4 aliphatic rings. The van der Waals surface area contributed by atoms with Crippen LogP contribution in [-0.2, 0) is 69.9 Å². The van der Waals surface area contributed by atoms with Gasteiger partial charge in [0.2, 0.25) is 0 Å². The number of fused-ring (bicyclic) bond motifs is 4. The van der Waals surface area contributed by atoms with Gasteiger partial charge in [-0.2, -0.15) is 0 Å². The smallest absolute Gasteiger partial charge is 0.488 e. The second kappa shape index (κ2) is 32.4. The Balaban J connectivity index is 0.000000154. The Kier molecular flexibility index (Phi) is 25.8. The van der Waals surface area contributed by atoms with Crippen molar-refractivity contribution < 1.29 is 29.7 Å². The molecular weight excluding hydrogens is 1160 g/mol. The molecule has 0 atom stereocenters. The SMILES string of the molecule is BrCc1ccccc1.Brc1ccc(OCc2ccccc2)c2c1CCCC2.ClCCl.OB(O)c1ccc(OCc2ccccc2)c2c1CCCC2.Oc1ccc(Br)c2c1CCCC2.Oc1cccc2c1CCCC2. The van der Waals surface area contributed by atoms with E-state index in [4.69, 9.17) is 32.7 Å². The molecule has 0 saturated carbocycles. The molecule has 390 valence electrons. The van der Waals surface area contributed by atoms with Gasteiger partial charge >= 0.3 is 7.12 Å². The lowest BCUT2D eigenvalue weighted by Gasteiger charge is -2.22. The van der Waals surface area contributed by atoms with Crippen LogP contribution in [0.3, 0.4) is 0 Å². The minimum Gasteiger partial charge on any atom is -0.508 e. The van der Waals surface area contributed by atoms with Crippen molar-refractivity contribution in [3.05, 3.63) is 216 Å². The summed E-state index contributed by atoms with van der Waals surface area (Å²) in [6, 6.07) is 48.1. The second-order valence-electron chi connectivity index (χ2n) is 18.5. The Morgan fingerprint density at radius 2 is 0.797 bits per heavy atom. The summed E-state index contributed by atoms with van der Waals surface area (Å²) in [6.07, 6.45) is 18.2. The van der Waals surface area contributed by atoms with E-state index in [0.29, 0.717) is 30.2 Å². The number of hydrogen-bond donors (Lipinski definition) is 4. The molecule has 0 aliphatic heterocycles. The summed E-state index contributed by atoms with van der Waals surface area (Å²) in [5, 5.41) is 39.1. The number of ether oxygens (including phenoxy) is 2. The molecule has 11 rings (SSSR count). The van der Waals surface area contributed by atoms with Gasteiger partial charge in [-0.25, -0.2) is 0 Å². The first-order valence-electron chi connectivity index (χ1n) is 25.8. The summed E-state index contributed by atoms with van der Waals surface area (Å²) in [5.74, 6) is 2.88. The second-order valence-corrected chi connectivity index (χ2v) is 21.6. The van der Waals surface area contributed by atoms with Crippen molar-refractivity contribution in [2.45, 2.75) is 121 Å². The fourth-order valence-corrected chi connectivity index (χ4v) is 11.3. The van der Waals surface area contributed by atoms with Crippen molar-refractivity contribution in [2.75, 3.05) is 5.34 Å². The van der Waals surface area contributed by atoms with Crippen LogP contribution in [0.2, 0.25) is 0 Å². The molecule has 0 amide bonds. The number of phenols is 2. The molecule has 0 fully saturated rings. The maximum absolute atomic E-state index is 9.56. The first-order chi connectivity index (χ1) is 36.1. The van der Waals surface area contributed by atoms with Crippen molar-refractivity contribution in [1.82, 2.24) is 0 Å². The number of phenolic OH excluding ortho intramolecular Hbond substituents is 2. The average Bonchev–Trinajstić information content (AvgIpc) is 3.45. The van der Waals surface area contributed by atoms with E-state index in [9.17, 15) is 20.3 Å². The third-order valence-corrected chi connectivity index (χ3v) is 15.7. The van der Waals surface area contributed by atoms with Gasteiger partial charge in [-0.15, -0.1) is 23.2 Å². The van der Waals surface area contributed by atoms with E-state index in [2.05, 4.69) is 102 Å². The Bertz CT molecular complexity index is 2740. The third-order valence-electron chi connectivity index (χ3n) is 13.5. The van der Waals surface area contributed by atoms with Crippen LogP contribution in [0.25, 0.3) is 0 Å². The topological polar surface area (TPSA) is 99.4 Å². The third kappa shape index (κ3) is 18.2. The zero-order chi connectivity index (χ0) is 52.5. The zero-order valence-electron chi connectivity index (χ0n) is 42.1. The van der Waals surface area contributed by atoms with Crippen molar-refractivity contribution in [2.24, 2.45) is 0 Å². The largest absolute Gasteiger partial charge is 0.508 e. The van der Waals surface area contributed by atoms with Crippen molar-refractivity contribution in [3.63, 3.8) is 0 Å². The van der Waals surface area contributed by atoms with Crippen LogP contribution in [0.1, 0.15) is 113 Å². The molecule has 0 aromatic heterocycles. The number of hydrogen-bond acceptors (Lipinski definition) is 6. The van der Waals surface area contributed by atoms with Crippen LogP contribution < -0.4 is 14.9 Å². The highest BCUT2D eigenvalue weighted by Gasteiger charge is 2.24. The van der Waals surface area contributed by atoms with E-state index in [-0.39, 0.29) is 5.34 Å². The number of benzene rings is 7. The molecule has 12 heteroatoms. The van der Waals surface area contributed by atoms with Gasteiger partial charge in [-0.05, 0) is 206 Å². The summed E-state index contributed by atoms with van der Waals surface area (Å²) in [7, 11) is -1.40. The van der Waals surface area contributed by atoms with E-state index in [1.54, 1.807) is 18.2 Å². The summed E-state index contributed by atoms with van der Waals surface area (Å²) in [4.78, 5) is 0. The monoisotopic (exact) mass is 1230 g/mol. The van der Waals surface area contributed by atoms with Crippen LogP contribution >= 0.6 is 71.0 Å². The van der Waals surface area contributed by atoms with Gasteiger partial charge in [0.15, 0.2) is 0 Å². The lowest BCUT2D eigenvalue weighted by atomic mass is 9.72. The van der Waals surface area contributed by atoms with Gasteiger partial charge in [0.1, 0.15) is 36.2 Å². The molecule has 4 aliphatic carbocycles. The first kappa shape index (κ1) is 59.0. The van der Waals surface area contributed by atoms with Crippen LogP contribution in [0, 0.1) is 0 Å². The molecule has 0 heterocycles. The fourth-order valence-electron chi connectivity index (χ4n) is 9.77. The average molecular weight is 1230 g/mol. The molecule has 4 N–H and O–H groups in total. The Hall–Kier alpha value is -4.26. The van der Waals surface area contributed by atoms with Gasteiger partial charge in [0.05, 0.1) is 5.34 Å². The predicted octanol–water partition coefficient (Wildman–Crippen LogP) is 16.0. The standard InChI is InChI=1S/C17H19BO3.C17H17BrO.C10H11BrO.C10H12O.C7H7Br.CH2Cl2/c19-18(20)16-10-11-17(15-9-5-4-8-14(15)16)21-12-13-6-2-1-3-7-13;18-16-10-11-17(15-9-5-4-8-14(15)16)19-12-13-6-2-1-3-7-13;11-9-5-6-10(12)8-4-2-1-3-7(8)9;11-10-7-3-5-8-4-1-2-6-9(8)10;8-6-7-4-2-1-3-5-7;2-1-3/h1-3,6-7,10-11,19-20H,4-5,8-9,12H2;1-3,6-7,10-11H,4-5,8-9,12H2;5-6,12H,1-4H2;3,5,7,11H,1-2,4,6H2;1-5H,6H2;1H2. The van der Waals surface area contributed by atoms with Crippen LogP contribution in [0.5, 0.6) is 23.0 Å². The number of aromatic hydroxyl groups is 2. The lowest BCUT2D eigenvalue weighted by molar-refractivity contribution is 0.301. The fraction of sp³-hybridized carbons (Fsp3) is 0.323. The van der Waals surface area contributed by atoms with E-state index in [1.807, 2.05) is 72.8 Å². The van der Waals surface area contributed by atoms with Gasteiger partial charge in [0.25, 0.3) is 0 Å². The predicted molar refractivity (Wildman–Crippen MR) is 318 cm³/mol. The van der Waals surface area contributed by atoms with E-state index < -0.39 is 7.12 Å². The normalized spacial score (nSPS) is 13.6. The molecule has 0 radical (unpaired) electrons. The minimum atomic E-state index is -1.40. The summed E-state index contributed by atoms with van der Waals surface area (Å²) in [6.45, 7) is 1.18. The van der Waals surface area contributed by atoms with Crippen molar-refractivity contribution >= 4 is 83.6 Å². The van der Waals surface area contributed by atoms with E-state index in [1.165, 1.54) is 88.4 Å². The van der Waals surface area contributed by atoms with Gasteiger partial charge < -0.3 is 29.7 Å². The zero-order valence-corrected chi connectivity index (χ0v) is 48.3. The molecule has 0 spiro atoms.